The summed E-state index contributed by atoms with van der Waals surface area (Å²) in [7, 11) is 0. The molecule has 0 amide bonds. The highest BCUT2D eigenvalue weighted by molar-refractivity contribution is 5.87. The standard InChI is InChI=1S/C12H15NO2/c1-4-10(5-2)15-12(14)11-8-6-7-9(3)13-11/h4,6-8,10H,1,5H2,2-3H3/t10-/m1/s1. The maximum Gasteiger partial charge on any atom is 0.357 e. The van der Waals surface area contributed by atoms with E-state index in [0.29, 0.717) is 5.69 Å². The molecule has 0 saturated heterocycles. The molecule has 1 atom stereocenters. The van der Waals surface area contributed by atoms with Crippen molar-refractivity contribution >= 4 is 5.97 Å². The smallest absolute Gasteiger partial charge is 0.357 e. The summed E-state index contributed by atoms with van der Waals surface area (Å²) in [5, 5.41) is 0. The normalized spacial score (nSPS) is 11.9. The van der Waals surface area contributed by atoms with Gasteiger partial charge in [-0.2, -0.15) is 0 Å². The van der Waals surface area contributed by atoms with Gasteiger partial charge in [-0.05, 0) is 25.5 Å². The molecule has 0 N–H and O–H groups in total. The Bertz CT molecular complexity index is 360. The first-order valence-electron chi connectivity index (χ1n) is 4.94. The van der Waals surface area contributed by atoms with Crippen LogP contribution in [-0.4, -0.2) is 17.1 Å². The van der Waals surface area contributed by atoms with Gasteiger partial charge in [-0.1, -0.05) is 25.6 Å². The lowest BCUT2D eigenvalue weighted by Crippen LogP contribution is -2.16. The molecule has 1 aromatic rings. The molecular weight excluding hydrogens is 190 g/mol. The molecule has 0 fully saturated rings. The van der Waals surface area contributed by atoms with Gasteiger partial charge in [-0.25, -0.2) is 9.78 Å². The van der Waals surface area contributed by atoms with E-state index < -0.39 is 5.97 Å². The summed E-state index contributed by atoms with van der Waals surface area (Å²) in [6.07, 6.45) is 2.11. The molecule has 0 aromatic carbocycles. The van der Waals surface area contributed by atoms with Crippen molar-refractivity contribution in [2.75, 3.05) is 0 Å². The van der Waals surface area contributed by atoms with E-state index in [1.807, 2.05) is 19.9 Å². The quantitative estimate of drug-likeness (QED) is 0.560. The number of rotatable bonds is 4. The van der Waals surface area contributed by atoms with Gasteiger partial charge in [-0.3, -0.25) is 0 Å². The molecule has 0 unspecified atom stereocenters. The Hall–Kier alpha value is -1.64. The van der Waals surface area contributed by atoms with Gasteiger partial charge in [0.25, 0.3) is 0 Å². The van der Waals surface area contributed by atoms with Crippen LogP contribution in [0.25, 0.3) is 0 Å². The number of carbonyl (C=O) groups excluding carboxylic acids is 1. The van der Waals surface area contributed by atoms with Crippen LogP contribution in [0.5, 0.6) is 0 Å². The van der Waals surface area contributed by atoms with Gasteiger partial charge in [0.15, 0.2) is 0 Å². The van der Waals surface area contributed by atoms with Crippen molar-refractivity contribution in [3.8, 4) is 0 Å². The van der Waals surface area contributed by atoms with Crippen molar-refractivity contribution in [3.63, 3.8) is 0 Å². The van der Waals surface area contributed by atoms with Crippen LogP contribution in [0.4, 0.5) is 0 Å². The van der Waals surface area contributed by atoms with Crippen LogP contribution in [0.15, 0.2) is 30.9 Å². The molecule has 80 valence electrons. The molecule has 0 aliphatic rings. The fourth-order valence-electron chi connectivity index (χ4n) is 1.15. The van der Waals surface area contributed by atoms with Gasteiger partial charge in [0, 0.05) is 5.69 Å². The molecule has 0 bridgehead atoms. The van der Waals surface area contributed by atoms with Crippen LogP contribution in [0, 0.1) is 6.92 Å². The Balaban J connectivity index is 2.72. The maximum atomic E-state index is 11.6. The van der Waals surface area contributed by atoms with Crippen LogP contribution >= 0.6 is 0 Å². The van der Waals surface area contributed by atoms with Gasteiger partial charge < -0.3 is 4.74 Å². The van der Waals surface area contributed by atoms with Crippen molar-refractivity contribution in [2.24, 2.45) is 0 Å². The van der Waals surface area contributed by atoms with Crippen molar-refractivity contribution in [3.05, 3.63) is 42.2 Å². The first-order valence-corrected chi connectivity index (χ1v) is 4.94. The van der Waals surface area contributed by atoms with Crippen molar-refractivity contribution < 1.29 is 9.53 Å². The Morgan fingerprint density at radius 1 is 1.67 bits per heavy atom. The third-order valence-corrected chi connectivity index (χ3v) is 2.02. The lowest BCUT2D eigenvalue weighted by molar-refractivity contribution is 0.0382. The van der Waals surface area contributed by atoms with Crippen LogP contribution < -0.4 is 0 Å². The van der Waals surface area contributed by atoms with E-state index in [1.54, 1.807) is 18.2 Å². The summed E-state index contributed by atoms with van der Waals surface area (Å²) in [6, 6.07) is 5.26. The second-order valence-corrected chi connectivity index (χ2v) is 3.25. The minimum absolute atomic E-state index is 0.236. The Labute approximate surface area is 89.8 Å². The number of aryl methyl sites for hydroxylation is 1. The van der Waals surface area contributed by atoms with Crippen molar-refractivity contribution in [1.82, 2.24) is 4.98 Å². The number of esters is 1. The van der Waals surface area contributed by atoms with E-state index in [2.05, 4.69) is 11.6 Å². The summed E-state index contributed by atoms with van der Waals surface area (Å²) < 4.78 is 5.17. The topological polar surface area (TPSA) is 39.2 Å². The minimum atomic E-state index is -0.398. The number of ether oxygens (including phenoxy) is 1. The highest BCUT2D eigenvalue weighted by atomic mass is 16.5. The van der Waals surface area contributed by atoms with Crippen LogP contribution in [0.3, 0.4) is 0 Å². The van der Waals surface area contributed by atoms with E-state index in [1.165, 1.54) is 0 Å². The average Bonchev–Trinajstić information content (AvgIpc) is 2.25. The molecule has 0 radical (unpaired) electrons. The SMILES string of the molecule is C=C[C@H](CC)OC(=O)c1cccc(C)n1. The van der Waals surface area contributed by atoms with E-state index in [4.69, 9.17) is 4.74 Å². The first-order chi connectivity index (χ1) is 7.17. The molecule has 1 rings (SSSR count). The molecule has 0 aliphatic carbocycles. The predicted octanol–water partition coefficient (Wildman–Crippen LogP) is 2.51. The van der Waals surface area contributed by atoms with E-state index in [-0.39, 0.29) is 6.10 Å². The van der Waals surface area contributed by atoms with E-state index in [0.717, 1.165) is 12.1 Å². The second-order valence-electron chi connectivity index (χ2n) is 3.25. The van der Waals surface area contributed by atoms with Crippen LogP contribution in [-0.2, 0) is 4.74 Å². The monoisotopic (exact) mass is 205 g/mol. The highest BCUT2D eigenvalue weighted by Gasteiger charge is 2.12. The zero-order chi connectivity index (χ0) is 11.3. The largest absolute Gasteiger partial charge is 0.453 e. The Kier molecular flexibility index (Phi) is 4.03. The van der Waals surface area contributed by atoms with Gasteiger partial charge >= 0.3 is 5.97 Å². The summed E-state index contributed by atoms with van der Waals surface area (Å²) in [4.78, 5) is 15.7. The zero-order valence-electron chi connectivity index (χ0n) is 9.06. The van der Waals surface area contributed by atoms with Gasteiger partial charge in [0.05, 0.1) is 0 Å². The van der Waals surface area contributed by atoms with Crippen LogP contribution in [0.2, 0.25) is 0 Å². The number of carbonyl (C=O) groups is 1. The summed E-state index contributed by atoms with van der Waals surface area (Å²) in [5.74, 6) is -0.398. The van der Waals surface area contributed by atoms with Gasteiger partial charge in [0.2, 0.25) is 0 Å². The van der Waals surface area contributed by atoms with Crippen molar-refractivity contribution in [2.45, 2.75) is 26.4 Å². The maximum absolute atomic E-state index is 11.6. The number of pyridine rings is 1. The van der Waals surface area contributed by atoms with Gasteiger partial charge in [-0.15, -0.1) is 0 Å². The fraction of sp³-hybridized carbons (Fsp3) is 0.333. The van der Waals surface area contributed by atoms with E-state index >= 15 is 0 Å². The van der Waals surface area contributed by atoms with E-state index in [9.17, 15) is 4.79 Å². The van der Waals surface area contributed by atoms with Crippen molar-refractivity contribution in [1.29, 1.82) is 0 Å². The third-order valence-electron chi connectivity index (χ3n) is 2.02. The lowest BCUT2D eigenvalue weighted by atomic mass is 10.2. The molecule has 3 nitrogen and oxygen atoms in total. The molecule has 0 aliphatic heterocycles. The van der Waals surface area contributed by atoms with Gasteiger partial charge in [0.1, 0.15) is 11.8 Å². The average molecular weight is 205 g/mol. The molecular formula is C12H15NO2. The molecule has 1 aromatic heterocycles. The minimum Gasteiger partial charge on any atom is -0.453 e. The number of nitrogens with zero attached hydrogens (tertiary/aromatic N) is 1. The number of hydrogen-bond donors (Lipinski definition) is 0. The Morgan fingerprint density at radius 2 is 2.40 bits per heavy atom. The second kappa shape index (κ2) is 5.29. The molecule has 3 heteroatoms. The molecule has 0 saturated carbocycles. The molecule has 0 spiro atoms. The summed E-state index contributed by atoms with van der Waals surface area (Å²) >= 11 is 0. The highest BCUT2D eigenvalue weighted by Crippen LogP contribution is 2.05. The predicted molar refractivity (Wildman–Crippen MR) is 58.7 cm³/mol. The lowest BCUT2D eigenvalue weighted by Gasteiger charge is -2.11. The first kappa shape index (κ1) is 11.4. The summed E-state index contributed by atoms with van der Waals surface area (Å²) in [5.41, 5.74) is 1.14. The zero-order valence-corrected chi connectivity index (χ0v) is 9.06. The Morgan fingerprint density at radius 3 is 2.93 bits per heavy atom. The van der Waals surface area contributed by atoms with Crippen LogP contribution in [0.1, 0.15) is 29.5 Å². The molecule has 15 heavy (non-hydrogen) atoms. The summed E-state index contributed by atoms with van der Waals surface area (Å²) in [6.45, 7) is 7.37. The third kappa shape index (κ3) is 3.20. The number of aromatic nitrogens is 1. The fourth-order valence-corrected chi connectivity index (χ4v) is 1.15. The number of hydrogen-bond acceptors (Lipinski definition) is 3. The molecule has 1 heterocycles.